The van der Waals surface area contributed by atoms with Gasteiger partial charge in [0.25, 0.3) is 5.91 Å². The van der Waals surface area contributed by atoms with Gasteiger partial charge in [0.2, 0.25) is 0 Å². The minimum Gasteiger partial charge on any atom is -0.352 e. The van der Waals surface area contributed by atoms with Gasteiger partial charge >= 0.3 is 0 Å². The second-order valence-electron chi connectivity index (χ2n) is 3.35. The summed E-state index contributed by atoms with van der Waals surface area (Å²) in [5, 5.41) is 2.47. The Balaban J connectivity index is 2.83. The van der Waals surface area contributed by atoms with Gasteiger partial charge in [0.15, 0.2) is 0 Å². The van der Waals surface area contributed by atoms with Crippen molar-refractivity contribution in [3.8, 4) is 0 Å². The number of carbonyl (C=O) groups excluding carboxylic acids is 1. The van der Waals surface area contributed by atoms with Crippen molar-refractivity contribution >= 4 is 21.8 Å². The maximum Gasteiger partial charge on any atom is 0.257 e. The Morgan fingerprint density at radius 3 is 2.44 bits per heavy atom. The highest BCUT2D eigenvalue weighted by Gasteiger charge is 2.17. The Morgan fingerprint density at radius 1 is 1.38 bits per heavy atom. The topological polar surface area (TPSA) is 29.1 Å². The van der Waals surface area contributed by atoms with Crippen LogP contribution in [0.25, 0.3) is 0 Å². The normalized spacial score (nSPS) is 10.2. The van der Waals surface area contributed by atoms with Crippen LogP contribution >= 0.6 is 15.9 Å². The van der Waals surface area contributed by atoms with Crippen molar-refractivity contribution in [2.45, 2.75) is 19.8 Å². The minimum absolute atomic E-state index is 0.271. The summed E-state index contributed by atoms with van der Waals surface area (Å²) >= 11 is 2.95. The molecule has 0 heterocycles. The third kappa shape index (κ3) is 3.27. The van der Waals surface area contributed by atoms with E-state index in [9.17, 15) is 13.6 Å². The number of amides is 1. The number of halogens is 3. The van der Waals surface area contributed by atoms with E-state index in [1.807, 2.05) is 6.92 Å². The Labute approximate surface area is 101 Å². The highest BCUT2D eigenvalue weighted by Crippen LogP contribution is 2.19. The number of nitrogens with one attached hydrogen (secondary N) is 1. The molecule has 0 aliphatic rings. The van der Waals surface area contributed by atoms with Crippen molar-refractivity contribution in [1.82, 2.24) is 5.32 Å². The zero-order chi connectivity index (χ0) is 12.1. The van der Waals surface area contributed by atoms with Crippen molar-refractivity contribution in [2.75, 3.05) is 6.54 Å². The van der Waals surface area contributed by atoms with Crippen LogP contribution in [0.5, 0.6) is 0 Å². The molecule has 0 aromatic heterocycles. The molecule has 0 atom stereocenters. The zero-order valence-electron chi connectivity index (χ0n) is 8.82. The molecule has 0 bridgehead atoms. The van der Waals surface area contributed by atoms with Gasteiger partial charge in [-0.05, 0) is 18.6 Å². The first-order valence-corrected chi connectivity index (χ1v) is 5.78. The zero-order valence-corrected chi connectivity index (χ0v) is 10.4. The lowest BCUT2D eigenvalue weighted by Crippen LogP contribution is -2.26. The third-order valence-corrected chi connectivity index (χ3v) is 2.51. The highest BCUT2D eigenvalue weighted by molar-refractivity contribution is 9.10. The molecule has 5 heteroatoms. The van der Waals surface area contributed by atoms with Gasteiger partial charge in [-0.2, -0.15) is 0 Å². The summed E-state index contributed by atoms with van der Waals surface area (Å²) in [6, 6.07) is 2.13. The van der Waals surface area contributed by atoms with E-state index >= 15 is 0 Å². The van der Waals surface area contributed by atoms with Crippen LogP contribution < -0.4 is 5.32 Å². The van der Waals surface area contributed by atoms with Crippen LogP contribution in [-0.4, -0.2) is 12.5 Å². The molecule has 1 amide bonds. The lowest BCUT2D eigenvalue weighted by molar-refractivity contribution is 0.0944. The van der Waals surface area contributed by atoms with E-state index in [1.54, 1.807) is 0 Å². The van der Waals surface area contributed by atoms with Crippen molar-refractivity contribution in [1.29, 1.82) is 0 Å². The Bertz CT molecular complexity index is 373. The minimum atomic E-state index is -0.860. The molecule has 88 valence electrons. The number of hydrogen-bond donors (Lipinski definition) is 1. The van der Waals surface area contributed by atoms with Crippen molar-refractivity contribution < 1.29 is 13.6 Å². The standard InChI is InChI=1S/C11H12BrF2NO/c1-2-3-4-15-11(16)10-8(13)5-7(12)6-9(10)14/h5-6H,2-4H2,1H3,(H,15,16). The molecule has 0 unspecified atom stereocenters. The molecule has 0 aliphatic heterocycles. The average Bonchev–Trinajstić information content (AvgIpc) is 2.16. The summed E-state index contributed by atoms with van der Waals surface area (Å²) in [5.74, 6) is -2.43. The lowest BCUT2D eigenvalue weighted by Gasteiger charge is -2.06. The molecule has 1 aromatic carbocycles. The average molecular weight is 292 g/mol. The molecule has 1 N–H and O–H groups in total. The molecule has 0 aliphatic carbocycles. The van der Waals surface area contributed by atoms with Crippen molar-refractivity contribution in [2.24, 2.45) is 0 Å². The number of rotatable bonds is 4. The molecule has 0 saturated heterocycles. The fourth-order valence-corrected chi connectivity index (χ4v) is 1.63. The largest absolute Gasteiger partial charge is 0.352 e. The number of unbranched alkanes of at least 4 members (excludes halogenated alkanes) is 1. The Morgan fingerprint density at radius 2 is 1.94 bits per heavy atom. The van der Waals surface area contributed by atoms with Crippen LogP contribution in [0.15, 0.2) is 16.6 Å². The monoisotopic (exact) mass is 291 g/mol. The maximum absolute atomic E-state index is 13.3. The molecule has 0 fully saturated rings. The summed E-state index contributed by atoms with van der Waals surface area (Å²) in [6.07, 6.45) is 1.69. The molecule has 0 saturated carbocycles. The van der Waals surface area contributed by atoms with Crippen molar-refractivity contribution in [3.05, 3.63) is 33.8 Å². The van der Waals surface area contributed by atoms with Gasteiger partial charge < -0.3 is 5.32 Å². The van der Waals surface area contributed by atoms with E-state index in [0.29, 0.717) is 6.54 Å². The highest BCUT2D eigenvalue weighted by atomic mass is 79.9. The van der Waals surface area contributed by atoms with Gasteiger partial charge in [0, 0.05) is 11.0 Å². The van der Waals surface area contributed by atoms with Gasteiger partial charge in [-0.3, -0.25) is 4.79 Å². The number of hydrogen-bond acceptors (Lipinski definition) is 1. The van der Waals surface area contributed by atoms with E-state index in [2.05, 4.69) is 21.2 Å². The summed E-state index contributed by atoms with van der Waals surface area (Å²) in [6.45, 7) is 2.39. The maximum atomic E-state index is 13.3. The molecule has 0 radical (unpaired) electrons. The van der Waals surface area contributed by atoms with Crippen LogP contribution in [0, 0.1) is 11.6 Å². The molecule has 1 aromatic rings. The van der Waals surface area contributed by atoms with Crippen molar-refractivity contribution in [3.63, 3.8) is 0 Å². The first-order valence-electron chi connectivity index (χ1n) is 4.99. The predicted molar refractivity (Wildman–Crippen MR) is 61.3 cm³/mol. The first-order chi connectivity index (χ1) is 7.56. The number of benzene rings is 1. The fourth-order valence-electron chi connectivity index (χ4n) is 1.23. The number of carbonyl (C=O) groups is 1. The van der Waals surface area contributed by atoms with Crippen LogP contribution in [0.4, 0.5) is 8.78 Å². The summed E-state index contributed by atoms with van der Waals surface area (Å²) in [7, 11) is 0. The van der Waals surface area contributed by atoms with E-state index < -0.39 is 23.1 Å². The van der Waals surface area contributed by atoms with Crippen LogP contribution in [0.2, 0.25) is 0 Å². The summed E-state index contributed by atoms with van der Waals surface area (Å²) < 4.78 is 27.0. The van der Waals surface area contributed by atoms with Gasteiger partial charge in [-0.15, -0.1) is 0 Å². The fraction of sp³-hybridized carbons (Fsp3) is 0.364. The van der Waals surface area contributed by atoms with E-state index in [1.165, 1.54) is 0 Å². The predicted octanol–water partition coefficient (Wildman–Crippen LogP) is 3.26. The SMILES string of the molecule is CCCCNC(=O)c1c(F)cc(Br)cc1F. The quantitative estimate of drug-likeness (QED) is 0.848. The summed E-state index contributed by atoms with van der Waals surface area (Å²) in [5.41, 5.74) is -0.528. The van der Waals surface area contributed by atoms with Crippen LogP contribution in [0.1, 0.15) is 30.1 Å². The first kappa shape index (κ1) is 13.1. The smallest absolute Gasteiger partial charge is 0.257 e. The van der Waals surface area contributed by atoms with Crippen LogP contribution in [-0.2, 0) is 0 Å². The van der Waals surface area contributed by atoms with Gasteiger partial charge in [0.05, 0.1) is 0 Å². The molecular formula is C11H12BrF2NO. The van der Waals surface area contributed by atoms with Gasteiger partial charge in [0.1, 0.15) is 17.2 Å². The van der Waals surface area contributed by atoms with E-state index in [0.717, 1.165) is 25.0 Å². The second kappa shape index (κ2) is 5.94. The van der Waals surface area contributed by atoms with E-state index in [-0.39, 0.29) is 4.47 Å². The Kier molecular flexibility index (Phi) is 4.86. The lowest BCUT2D eigenvalue weighted by atomic mass is 10.2. The molecular weight excluding hydrogens is 280 g/mol. The van der Waals surface area contributed by atoms with E-state index in [4.69, 9.17) is 0 Å². The summed E-state index contributed by atoms with van der Waals surface area (Å²) in [4.78, 5) is 11.5. The molecule has 16 heavy (non-hydrogen) atoms. The Hall–Kier alpha value is -0.970. The van der Waals surface area contributed by atoms with Gasteiger partial charge in [-0.25, -0.2) is 8.78 Å². The molecule has 2 nitrogen and oxygen atoms in total. The van der Waals surface area contributed by atoms with Crippen LogP contribution in [0.3, 0.4) is 0 Å². The molecule has 1 rings (SSSR count). The van der Waals surface area contributed by atoms with Gasteiger partial charge in [-0.1, -0.05) is 29.3 Å². The third-order valence-electron chi connectivity index (χ3n) is 2.05. The molecule has 0 spiro atoms. The second-order valence-corrected chi connectivity index (χ2v) is 4.27.